The number of nitrogens with one attached hydrogen (secondary N) is 2. The van der Waals surface area contributed by atoms with Crippen LogP contribution in [0.15, 0.2) is 12.3 Å². The number of aryl methyl sites for hydroxylation is 1. The smallest absolute Gasteiger partial charge is 0.144 e. The minimum absolute atomic E-state index is 0.623. The maximum atomic E-state index is 9.07. The van der Waals surface area contributed by atoms with Crippen molar-refractivity contribution in [2.45, 2.75) is 32.2 Å². The van der Waals surface area contributed by atoms with Crippen LogP contribution in [0.3, 0.4) is 0 Å². The van der Waals surface area contributed by atoms with E-state index in [0.717, 1.165) is 25.1 Å². The lowest BCUT2D eigenvalue weighted by Crippen LogP contribution is -2.24. The van der Waals surface area contributed by atoms with Crippen molar-refractivity contribution in [1.82, 2.24) is 10.3 Å². The van der Waals surface area contributed by atoms with Crippen LogP contribution in [-0.4, -0.2) is 24.1 Å². The van der Waals surface area contributed by atoms with Crippen LogP contribution in [0.25, 0.3) is 0 Å². The molecule has 0 aliphatic carbocycles. The van der Waals surface area contributed by atoms with E-state index in [9.17, 15) is 0 Å². The molecule has 0 saturated carbocycles. The molecule has 2 N–H and O–H groups in total. The lowest BCUT2D eigenvalue weighted by molar-refractivity contribution is 0.574. The van der Waals surface area contributed by atoms with Gasteiger partial charge in [0.25, 0.3) is 0 Å². The fourth-order valence-electron chi connectivity index (χ4n) is 2.20. The average Bonchev–Trinajstić information content (AvgIpc) is 2.82. The number of hydrogen-bond acceptors (Lipinski definition) is 4. The minimum atomic E-state index is 0.623. The molecule has 1 aliphatic heterocycles. The van der Waals surface area contributed by atoms with Gasteiger partial charge in [-0.3, -0.25) is 0 Å². The minimum Gasteiger partial charge on any atom is -0.369 e. The standard InChI is InChI=1S/C13H18N4/c1-10-4-7-16-13(12(10)9-14)17-8-5-11-3-2-6-15-11/h4,7,11,15H,2-3,5-6,8H2,1H3,(H,16,17)/t11-/m0/s1. The van der Waals surface area contributed by atoms with Crippen molar-refractivity contribution in [3.63, 3.8) is 0 Å². The number of nitriles is 1. The SMILES string of the molecule is Cc1ccnc(NCC[C@@H]2CCCN2)c1C#N. The Morgan fingerprint density at radius 1 is 1.65 bits per heavy atom. The average molecular weight is 230 g/mol. The molecule has 0 unspecified atom stereocenters. The van der Waals surface area contributed by atoms with Gasteiger partial charge in [0.15, 0.2) is 0 Å². The molecule has 90 valence electrons. The normalized spacial score (nSPS) is 18.9. The van der Waals surface area contributed by atoms with Crippen molar-refractivity contribution in [3.8, 4) is 6.07 Å². The number of pyridine rings is 1. The van der Waals surface area contributed by atoms with Crippen LogP contribution in [-0.2, 0) is 0 Å². The highest BCUT2D eigenvalue weighted by Crippen LogP contribution is 2.15. The van der Waals surface area contributed by atoms with Crippen LogP contribution in [0.1, 0.15) is 30.4 Å². The van der Waals surface area contributed by atoms with Gasteiger partial charge in [0.05, 0.1) is 5.56 Å². The third-order valence-corrected chi connectivity index (χ3v) is 3.22. The highest BCUT2D eigenvalue weighted by atomic mass is 15.0. The van der Waals surface area contributed by atoms with Crippen molar-refractivity contribution in [1.29, 1.82) is 5.26 Å². The van der Waals surface area contributed by atoms with Gasteiger partial charge < -0.3 is 10.6 Å². The summed E-state index contributed by atoms with van der Waals surface area (Å²) in [6, 6.07) is 4.69. The van der Waals surface area contributed by atoms with Gasteiger partial charge in [-0.15, -0.1) is 0 Å². The zero-order chi connectivity index (χ0) is 12.1. The first-order chi connectivity index (χ1) is 8.31. The Morgan fingerprint density at radius 2 is 2.53 bits per heavy atom. The summed E-state index contributed by atoms with van der Waals surface area (Å²) < 4.78 is 0. The van der Waals surface area contributed by atoms with Gasteiger partial charge in [0.1, 0.15) is 11.9 Å². The largest absolute Gasteiger partial charge is 0.369 e. The lowest BCUT2D eigenvalue weighted by atomic mass is 10.1. The first-order valence-electron chi connectivity index (χ1n) is 6.14. The summed E-state index contributed by atoms with van der Waals surface area (Å²) in [4.78, 5) is 4.22. The van der Waals surface area contributed by atoms with Gasteiger partial charge in [-0.1, -0.05) is 0 Å². The molecule has 0 spiro atoms. The van der Waals surface area contributed by atoms with Gasteiger partial charge in [0, 0.05) is 18.8 Å². The molecule has 4 heteroatoms. The number of nitrogens with zero attached hydrogens (tertiary/aromatic N) is 2. The molecule has 4 nitrogen and oxygen atoms in total. The molecule has 1 aromatic rings. The second kappa shape index (κ2) is 5.65. The molecule has 1 aliphatic rings. The van der Waals surface area contributed by atoms with E-state index in [0.29, 0.717) is 17.4 Å². The summed E-state index contributed by atoms with van der Waals surface area (Å²) in [6.07, 6.45) is 5.36. The molecule has 0 amide bonds. The second-order valence-corrected chi connectivity index (χ2v) is 4.47. The molecular weight excluding hydrogens is 212 g/mol. The molecule has 17 heavy (non-hydrogen) atoms. The Kier molecular flexibility index (Phi) is 3.94. The van der Waals surface area contributed by atoms with E-state index in [1.807, 2.05) is 13.0 Å². The number of rotatable bonds is 4. The van der Waals surface area contributed by atoms with Crippen molar-refractivity contribution < 1.29 is 0 Å². The maximum Gasteiger partial charge on any atom is 0.144 e. The summed E-state index contributed by atoms with van der Waals surface area (Å²) in [6.45, 7) is 3.93. The Morgan fingerprint density at radius 3 is 3.24 bits per heavy atom. The van der Waals surface area contributed by atoms with E-state index >= 15 is 0 Å². The van der Waals surface area contributed by atoms with E-state index in [4.69, 9.17) is 5.26 Å². The van der Waals surface area contributed by atoms with Crippen LogP contribution in [0.4, 0.5) is 5.82 Å². The van der Waals surface area contributed by atoms with Crippen molar-refractivity contribution in [2.75, 3.05) is 18.4 Å². The molecule has 1 saturated heterocycles. The quantitative estimate of drug-likeness (QED) is 0.828. The van der Waals surface area contributed by atoms with E-state index in [-0.39, 0.29) is 0 Å². The van der Waals surface area contributed by atoms with Crippen molar-refractivity contribution in [3.05, 3.63) is 23.4 Å². The Balaban J connectivity index is 1.90. The van der Waals surface area contributed by atoms with E-state index < -0.39 is 0 Å². The van der Waals surface area contributed by atoms with Crippen LogP contribution in [0.2, 0.25) is 0 Å². The highest BCUT2D eigenvalue weighted by molar-refractivity contribution is 5.55. The lowest BCUT2D eigenvalue weighted by Gasteiger charge is -2.12. The van der Waals surface area contributed by atoms with E-state index in [1.54, 1.807) is 6.20 Å². The highest BCUT2D eigenvalue weighted by Gasteiger charge is 2.13. The fraction of sp³-hybridized carbons (Fsp3) is 0.538. The Bertz CT molecular complexity index is 416. The molecular formula is C13H18N4. The summed E-state index contributed by atoms with van der Waals surface area (Å²) >= 11 is 0. The summed E-state index contributed by atoms with van der Waals surface area (Å²) in [7, 11) is 0. The Labute approximate surface area is 102 Å². The van der Waals surface area contributed by atoms with Crippen LogP contribution in [0, 0.1) is 18.3 Å². The molecule has 1 aromatic heterocycles. The van der Waals surface area contributed by atoms with Gasteiger partial charge in [-0.25, -0.2) is 4.98 Å². The molecule has 1 atom stereocenters. The predicted molar refractivity (Wildman–Crippen MR) is 67.8 cm³/mol. The summed E-state index contributed by atoms with van der Waals surface area (Å²) in [5, 5.41) is 15.8. The summed E-state index contributed by atoms with van der Waals surface area (Å²) in [5.74, 6) is 0.713. The first-order valence-corrected chi connectivity index (χ1v) is 6.14. The van der Waals surface area contributed by atoms with E-state index in [2.05, 4.69) is 21.7 Å². The topological polar surface area (TPSA) is 60.7 Å². The van der Waals surface area contributed by atoms with Crippen LogP contribution >= 0.6 is 0 Å². The molecule has 2 rings (SSSR count). The zero-order valence-corrected chi connectivity index (χ0v) is 10.2. The predicted octanol–water partition coefficient (Wildman–Crippen LogP) is 1.82. The molecule has 0 aromatic carbocycles. The van der Waals surface area contributed by atoms with Gasteiger partial charge in [0.2, 0.25) is 0 Å². The number of aromatic nitrogens is 1. The maximum absolute atomic E-state index is 9.07. The summed E-state index contributed by atoms with van der Waals surface area (Å²) in [5.41, 5.74) is 1.64. The number of hydrogen-bond donors (Lipinski definition) is 2. The molecule has 0 bridgehead atoms. The van der Waals surface area contributed by atoms with E-state index in [1.165, 1.54) is 12.8 Å². The number of anilines is 1. The molecule has 2 heterocycles. The first kappa shape index (κ1) is 11.9. The Hall–Kier alpha value is -1.60. The zero-order valence-electron chi connectivity index (χ0n) is 10.2. The van der Waals surface area contributed by atoms with Crippen molar-refractivity contribution in [2.24, 2.45) is 0 Å². The second-order valence-electron chi connectivity index (χ2n) is 4.47. The third-order valence-electron chi connectivity index (χ3n) is 3.22. The molecule has 1 fully saturated rings. The van der Waals surface area contributed by atoms with Gasteiger partial charge in [-0.2, -0.15) is 5.26 Å². The third kappa shape index (κ3) is 2.95. The van der Waals surface area contributed by atoms with Gasteiger partial charge in [-0.05, 0) is 44.4 Å². The van der Waals surface area contributed by atoms with Gasteiger partial charge >= 0.3 is 0 Å². The monoisotopic (exact) mass is 230 g/mol. The molecule has 0 radical (unpaired) electrons. The van der Waals surface area contributed by atoms with Crippen LogP contribution < -0.4 is 10.6 Å². The van der Waals surface area contributed by atoms with Crippen LogP contribution in [0.5, 0.6) is 0 Å². The fourth-order valence-corrected chi connectivity index (χ4v) is 2.20. The van der Waals surface area contributed by atoms with Crippen molar-refractivity contribution >= 4 is 5.82 Å².